The summed E-state index contributed by atoms with van der Waals surface area (Å²) in [6.45, 7) is 0. The highest BCUT2D eigenvalue weighted by molar-refractivity contribution is 5.87. The van der Waals surface area contributed by atoms with Crippen molar-refractivity contribution in [2.75, 3.05) is 7.11 Å². The Bertz CT molecular complexity index is 1020. The number of pyridine rings is 1. The van der Waals surface area contributed by atoms with Gasteiger partial charge in [0.25, 0.3) is 0 Å². The van der Waals surface area contributed by atoms with Gasteiger partial charge >= 0.3 is 5.97 Å². The zero-order valence-corrected chi connectivity index (χ0v) is 16.7. The van der Waals surface area contributed by atoms with E-state index in [-0.39, 0.29) is 5.92 Å². The molecule has 0 aliphatic rings. The van der Waals surface area contributed by atoms with Crippen LogP contribution in [0.25, 0.3) is 11.6 Å². The molecule has 0 saturated carbocycles. The van der Waals surface area contributed by atoms with Crippen LogP contribution in [0.4, 0.5) is 0 Å². The average molecular weight is 394 g/mol. The van der Waals surface area contributed by atoms with Crippen LogP contribution in [0.5, 0.6) is 0 Å². The molecule has 0 bridgehead atoms. The number of hydrogen-bond acceptors (Lipinski definition) is 4. The summed E-state index contributed by atoms with van der Waals surface area (Å²) < 4.78 is 4.60. The number of methoxy groups -OCH3 is 1. The Morgan fingerprint density at radius 2 is 1.80 bits per heavy atom. The molecular weight excluding hydrogens is 372 g/mol. The fourth-order valence-corrected chi connectivity index (χ4v) is 3.20. The summed E-state index contributed by atoms with van der Waals surface area (Å²) in [4.78, 5) is 15.5. The van der Waals surface area contributed by atoms with Crippen molar-refractivity contribution in [1.82, 2.24) is 4.98 Å². The predicted molar refractivity (Wildman–Crippen MR) is 118 cm³/mol. The van der Waals surface area contributed by atoms with Gasteiger partial charge in [-0.3, -0.25) is 4.98 Å². The second-order valence-electron chi connectivity index (χ2n) is 6.69. The highest BCUT2D eigenvalue weighted by Crippen LogP contribution is 2.29. The number of hydrogen-bond donors (Lipinski definition) is 0. The molecular formula is C26H22N2O2. The van der Waals surface area contributed by atoms with Crippen LogP contribution in [0.3, 0.4) is 0 Å². The number of rotatable bonds is 7. The zero-order chi connectivity index (χ0) is 21.2. The molecule has 0 fully saturated rings. The third kappa shape index (κ3) is 5.52. The van der Waals surface area contributed by atoms with Crippen molar-refractivity contribution in [3.8, 4) is 6.07 Å². The number of ether oxygens (including phenoxy) is 1. The van der Waals surface area contributed by atoms with Crippen LogP contribution in [-0.2, 0) is 9.53 Å². The fourth-order valence-electron chi connectivity index (χ4n) is 3.20. The van der Waals surface area contributed by atoms with Crippen LogP contribution in [0.1, 0.15) is 34.6 Å². The Kier molecular flexibility index (Phi) is 7.29. The maximum Gasteiger partial charge on any atom is 0.330 e. The maximum absolute atomic E-state index is 11.2. The normalized spacial score (nSPS) is 12.3. The summed E-state index contributed by atoms with van der Waals surface area (Å²) in [5, 5.41) is 9.71. The van der Waals surface area contributed by atoms with Crippen LogP contribution >= 0.6 is 0 Å². The van der Waals surface area contributed by atoms with E-state index in [0.29, 0.717) is 12.0 Å². The molecule has 1 unspecified atom stereocenters. The highest BCUT2D eigenvalue weighted by Gasteiger charge is 2.13. The van der Waals surface area contributed by atoms with Gasteiger partial charge in [0.2, 0.25) is 0 Å². The van der Waals surface area contributed by atoms with Crippen LogP contribution in [0.15, 0.2) is 91.3 Å². The van der Waals surface area contributed by atoms with E-state index in [9.17, 15) is 10.1 Å². The van der Waals surface area contributed by atoms with Crippen molar-refractivity contribution in [3.05, 3.63) is 114 Å². The van der Waals surface area contributed by atoms with Crippen molar-refractivity contribution in [2.45, 2.75) is 12.3 Å². The van der Waals surface area contributed by atoms with E-state index in [1.807, 2.05) is 60.8 Å². The van der Waals surface area contributed by atoms with Gasteiger partial charge in [0.1, 0.15) is 0 Å². The zero-order valence-electron chi connectivity index (χ0n) is 16.7. The van der Waals surface area contributed by atoms with Gasteiger partial charge in [-0.15, -0.1) is 0 Å². The molecule has 1 heterocycles. The first-order valence-electron chi connectivity index (χ1n) is 9.63. The van der Waals surface area contributed by atoms with Gasteiger partial charge in [0.05, 0.1) is 18.8 Å². The van der Waals surface area contributed by atoms with Crippen molar-refractivity contribution in [2.24, 2.45) is 0 Å². The largest absolute Gasteiger partial charge is 0.466 e. The van der Waals surface area contributed by atoms with Crippen LogP contribution in [0, 0.1) is 11.3 Å². The Morgan fingerprint density at radius 3 is 2.43 bits per heavy atom. The molecule has 0 spiro atoms. The number of nitrogens with zero attached hydrogens (tertiary/aromatic N) is 2. The lowest BCUT2D eigenvalue weighted by Crippen LogP contribution is -2.01. The second kappa shape index (κ2) is 10.5. The van der Waals surface area contributed by atoms with Crippen LogP contribution in [0.2, 0.25) is 0 Å². The van der Waals surface area contributed by atoms with E-state index in [1.165, 1.54) is 18.7 Å². The molecule has 1 aromatic heterocycles. The number of carbonyl (C=O) groups excluding carboxylic acids is 1. The van der Waals surface area contributed by atoms with Crippen molar-refractivity contribution in [1.29, 1.82) is 5.26 Å². The molecule has 0 amide bonds. The second-order valence-corrected chi connectivity index (χ2v) is 6.69. The average Bonchev–Trinajstić information content (AvgIpc) is 2.82. The molecule has 0 saturated heterocycles. The number of aromatic nitrogens is 1. The Labute approximate surface area is 176 Å². The summed E-state index contributed by atoms with van der Waals surface area (Å²) in [6, 6.07) is 24.0. The van der Waals surface area contributed by atoms with Gasteiger partial charge in [-0.2, -0.15) is 5.26 Å². The summed E-state index contributed by atoms with van der Waals surface area (Å²) >= 11 is 0. The number of allylic oxidation sites excluding steroid dienone is 2. The first-order chi connectivity index (χ1) is 14.7. The maximum atomic E-state index is 11.2. The minimum atomic E-state index is -0.404. The quantitative estimate of drug-likeness (QED) is 0.306. The molecule has 30 heavy (non-hydrogen) atoms. The fraction of sp³-hybridized carbons (Fsp3) is 0.115. The first kappa shape index (κ1) is 20.8. The number of carbonyl (C=O) groups is 1. The third-order valence-corrected chi connectivity index (χ3v) is 4.80. The predicted octanol–water partition coefficient (Wildman–Crippen LogP) is 5.40. The Balaban J connectivity index is 1.83. The molecule has 0 radical (unpaired) electrons. The van der Waals surface area contributed by atoms with E-state index in [4.69, 9.17) is 0 Å². The minimum absolute atomic E-state index is 0.116. The van der Waals surface area contributed by atoms with Crippen molar-refractivity contribution in [3.63, 3.8) is 0 Å². The molecule has 148 valence electrons. The summed E-state index contributed by atoms with van der Waals surface area (Å²) in [5.41, 5.74) is 4.61. The van der Waals surface area contributed by atoms with E-state index in [2.05, 4.69) is 34.0 Å². The van der Waals surface area contributed by atoms with E-state index >= 15 is 0 Å². The first-order valence-corrected chi connectivity index (χ1v) is 9.63. The molecule has 3 aromatic rings. The van der Waals surface area contributed by atoms with Gasteiger partial charge in [-0.1, -0.05) is 66.7 Å². The van der Waals surface area contributed by atoms with Gasteiger partial charge in [-0.05, 0) is 40.8 Å². The SMILES string of the molecule is COC(=O)C=Cc1ccc(C(C#N)=CCC(c2ccccc2)c2cccnc2)cc1. The monoisotopic (exact) mass is 394 g/mol. The summed E-state index contributed by atoms with van der Waals surface area (Å²) in [7, 11) is 1.34. The van der Waals surface area contributed by atoms with Crippen LogP contribution < -0.4 is 0 Å². The van der Waals surface area contributed by atoms with Gasteiger partial charge in [-0.25, -0.2) is 4.79 Å². The smallest absolute Gasteiger partial charge is 0.330 e. The van der Waals surface area contributed by atoms with Gasteiger partial charge < -0.3 is 4.74 Å². The standard InChI is InChI=1S/C26H22N2O2/c1-30-26(29)16-11-20-9-12-21(13-10-20)23(18-27)14-15-25(22-6-3-2-4-7-22)24-8-5-17-28-19-24/h2-14,16-17,19,25H,15H2,1H3. The molecule has 0 aliphatic carbocycles. The lowest BCUT2D eigenvalue weighted by atomic mass is 9.88. The molecule has 4 nitrogen and oxygen atoms in total. The molecule has 4 heteroatoms. The van der Waals surface area contributed by atoms with Crippen LogP contribution in [-0.4, -0.2) is 18.1 Å². The Hall–Kier alpha value is -3.97. The number of benzene rings is 2. The molecule has 0 aliphatic heterocycles. The van der Waals surface area contributed by atoms with Crippen molar-refractivity contribution >= 4 is 17.6 Å². The van der Waals surface area contributed by atoms with E-state index in [0.717, 1.165) is 16.7 Å². The topological polar surface area (TPSA) is 63.0 Å². The van der Waals surface area contributed by atoms with E-state index in [1.54, 1.807) is 12.3 Å². The van der Waals surface area contributed by atoms with E-state index < -0.39 is 5.97 Å². The summed E-state index contributed by atoms with van der Waals surface area (Å²) in [5.74, 6) is -0.287. The summed E-state index contributed by atoms with van der Waals surface area (Å²) in [6.07, 6.45) is 9.35. The van der Waals surface area contributed by atoms with Gasteiger partial charge in [0, 0.05) is 24.4 Å². The Morgan fingerprint density at radius 1 is 1.07 bits per heavy atom. The molecule has 0 N–H and O–H groups in total. The number of nitriles is 1. The number of esters is 1. The molecule has 3 rings (SSSR count). The van der Waals surface area contributed by atoms with Gasteiger partial charge in [0.15, 0.2) is 0 Å². The lowest BCUT2D eigenvalue weighted by molar-refractivity contribution is -0.134. The third-order valence-electron chi connectivity index (χ3n) is 4.80. The minimum Gasteiger partial charge on any atom is -0.466 e. The highest BCUT2D eigenvalue weighted by atomic mass is 16.5. The van der Waals surface area contributed by atoms with Crippen molar-refractivity contribution < 1.29 is 9.53 Å². The molecule has 1 atom stereocenters. The lowest BCUT2D eigenvalue weighted by Gasteiger charge is -2.16. The molecule has 2 aromatic carbocycles.